The highest BCUT2D eigenvalue weighted by Gasteiger charge is 2.42. The SMILES string of the molecule is Cc1cn([C@H]2C[C@H](NC(=O)c3cccc4ccccc34)[C@@H](CO[Si](C)(C)C(C)(C)C)O2)c(=O)[nH]c1=O. The van der Waals surface area contributed by atoms with Crippen LogP contribution in [0.2, 0.25) is 18.1 Å². The molecule has 0 spiro atoms. The molecule has 0 saturated carbocycles. The number of ether oxygens (including phenoxy) is 1. The summed E-state index contributed by atoms with van der Waals surface area (Å²) in [4.78, 5) is 40.2. The average Bonchev–Trinajstić information content (AvgIpc) is 3.21. The largest absolute Gasteiger partial charge is 0.414 e. The Kier molecular flexibility index (Phi) is 7.09. The lowest BCUT2D eigenvalue weighted by Gasteiger charge is -2.37. The Balaban J connectivity index is 1.62. The van der Waals surface area contributed by atoms with Crippen molar-refractivity contribution in [2.24, 2.45) is 0 Å². The van der Waals surface area contributed by atoms with E-state index in [1.165, 1.54) is 10.8 Å². The first kappa shape index (κ1) is 26.1. The number of aryl methyl sites for hydroxylation is 1. The van der Waals surface area contributed by atoms with E-state index in [2.05, 4.69) is 44.2 Å². The predicted molar refractivity (Wildman–Crippen MR) is 143 cm³/mol. The zero-order valence-electron chi connectivity index (χ0n) is 21.8. The molecule has 1 aliphatic heterocycles. The molecule has 1 saturated heterocycles. The maximum absolute atomic E-state index is 13.4. The van der Waals surface area contributed by atoms with Gasteiger partial charge in [0.1, 0.15) is 12.3 Å². The molecule has 1 fully saturated rings. The summed E-state index contributed by atoms with van der Waals surface area (Å²) < 4.78 is 14.1. The molecule has 4 rings (SSSR count). The fourth-order valence-corrected chi connectivity index (χ4v) is 5.20. The molecule has 36 heavy (non-hydrogen) atoms. The summed E-state index contributed by atoms with van der Waals surface area (Å²) in [5.41, 5.74) is 0.0294. The zero-order chi connectivity index (χ0) is 26.3. The van der Waals surface area contributed by atoms with Gasteiger partial charge in [-0.1, -0.05) is 57.2 Å². The molecule has 1 aliphatic rings. The van der Waals surface area contributed by atoms with E-state index in [1.807, 2.05) is 42.5 Å². The highest BCUT2D eigenvalue weighted by Crippen LogP contribution is 2.38. The molecule has 0 bridgehead atoms. The molecule has 0 unspecified atom stereocenters. The van der Waals surface area contributed by atoms with Crippen LogP contribution in [0.1, 0.15) is 49.3 Å². The highest BCUT2D eigenvalue weighted by atomic mass is 28.4. The zero-order valence-corrected chi connectivity index (χ0v) is 22.8. The molecular formula is C27H35N3O5Si. The van der Waals surface area contributed by atoms with Gasteiger partial charge in [-0.2, -0.15) is 0 Å². The van der Waals surface area contributed by atoms with Crippen molar-refractivity contribution in [1.29, 1.82) is 0 Å². The topological polar surface area (TPSA) is 102 Å². The number of rotatable bonds is 6. The lowest BCUT2D eigenvalue weighted by Crippen LogP contribution is -2.47. The van der Waals surface area contributed by atoms with Crippen LogP contribution in [0, 0.1) is 6.92 Å². The number of benzene rings is 2. The Morgan fingerprint density at radius 3 is 2.58 bits per heavy atom. The second kappa shape index (κ2) is 9.80. The van der Waals surface area contributed by atoms with Crippen LogP contribution in [-0.2, 0) is 9.16 Å². The van der Waals surface area contributed by atoms with Gasteiger partial charge in [-0.25, -0.2) is 4.79 Å². The number of nitrogens with zero attached hydrogens (tertiary/aromatic N) is 1. The molecule has 2 N–H and O–H groups in total. The van der Waals surface area contributed by atoms with E-state index in [4.69, 9.17) is 9.16 Å². The van der Waals surface area contributed by atoms with Crippen LogP contribution in [0.15, 0.2) is 58.3 Å². The van der Waals surface area contributed by atoms with Crippen molar-refractivity contribution in [2.45, 2.75) is 70.6 Å². The number of carbonyl (C=O) groups is 1. The summed E-state index contributed by atoms with van der Waals surface area (Å²) in [5, 5.41) is 5.01. The molecule has 3 atom stereocenters. The number of carbonyl (C=O) groups excluding carboxylic acids is 1. The predicted octanol–water partition coefficient (Wildman–Crippen LogP) is 4.11. The molecule has 0 aliphatic carbocycles. The number of nitrogens with one attached hydrogen (secondary N) is 2. The summed E-state index contributed by atoms with van der Waals surface area (Å²) in [7, 11) is -2.08. The molecule has 3 aromatic rings. The lowest BCUT2D eigenvalue weighted by atomic mass is 10.0. The van der Waals surface area contributed by atoms with Gasteiger partial charge in [0.15, 0.2) is 8.32 Å². The van der Waals surface area contributed by atoms with Crippen molar-refractivity contribution >= 4 is 25.0 Å². The molecule has 9 heteroatoms. The number of hydrogen-bond acceptors (Lipinski definition) is 5. The number of amides is 1. The fourth-order valence-electron chi connectivity index (χ4n) is 4.18. The summed E-state index contributed by atoms with van der Waals surface area (Å²) in [6.45, 7) is 12.8. The van der Waals surface area contributed by atoms with Crippen LogP contribution in [0.5, 0.6) is 0 Å². The third-order valence-corrected chi connectivity index (χ3v) is 12.0. The van der Waals surface area contributed by atoms with Gasteiger partial charge < -0.3 is 14.5 Å². The fraction of sp³-hybridized carbons (Fsp3) is 0.444. The molecule has 192 valence electrons. The first-order valence-electron chi connectivity index (χ1n) is 12.3. The van der Waals surface area contributed by atoms with Crippen LogP contribution in [0.25, 0.3) is 10.8 Å². The second-order valence-electron chi connectivity index (χ2n) is 11.0. The number of H-pyrrole nitrogens is 1. The van der Waals surface area contributed by atoms with E-state index in [9.17, 15) is 14.4 Å². The van der Waals surface area contributed by atoms with Crippen LogP contribution in [0.3, 0.4) is 0 Å². The average molecular weight is 510 g/mol. The minimum atomic E-state index is -2.08. The van der Waals surface area contributed by atoms with Gasteiger partial charge in [-0.15, -0.1) is 0 Å². The number of aromatic nitrogens is 2. The van der Waals surface area contributed by atoms with Crippen molar-refractivity contribution in [3.05, 3.63) is 80.6 Å². The Morgan fingerprint density at radius 1 is 1.17 bits per heavy atom. The molecule has 0 radical (unpaired) electrons. The van der Waals surface area contributed by atoms with E-state index in [1.54, 1.807) is 6.92 Å². The van der Waals surface area contributed by atoms with Crippen molar-refractivity contribution < 1.29 is 14.0 Å². The monoisotopic (exact) mass is 509 g/mol. The van der Waals surface area contributed by atoms with Gasteiger partial charge in [0.2, 0.25) is 0 Å². The van der Waals surface area contributed by atoms with Gasteiger partial charge in [-0.05, 0) is 41.9 Å². The van der Waals surface area contributed by atoms with E-state index in [-0.39, 0.29) is 17.0 Å². The molecule has 2 aromatic carbocycles. The smallest absolute Gasteiger partial charge is 0.330 e. The molecule has 1 aromatic heterocycles. The van der Waals surface area contributed by atoms with Crippen molar-refractivity contribution in [3.8, 4) is 0 Å². The molecule has 2 heterocycles. The van der Waals surface area contributed by atoms with E-state index in [0.29, 0.717) is 24.2 Å². The molecular weight excluding hydrogens is 474 g/mol. The number of hydrogen-bond donors (Lipinski definition) is 2. The molecule has 1 amide bonds. The normalized spacial score (nSPS) is 20.6. The van der Waals surface area contributed by atoms with Crippen molar-refractivity contribution in [1.82, 2.24) is 14.9 Å². The second-order valence-corrected chi connectivity index (χ2v) is 15.8. The minimum Gasteiger partial charge on any atom is -0.414 e. The maximum Gasteiger partial charge on any atom is 0.330 e. The Bertz CT molecular complexity index is 1380. The van der Waals surface area contributed by atoms with Gasteiger partial charge in [-0.3, -0.25) is 19.1 Å². The Hall–Kier alpha value is -3.01. The van der Waals surface area contributed by atoms with Gasteiger partial charge in [0.05, 0.1) is 12.6 Å². The van der Waals surface area contributed by atoms with Gasteiger partial charge in [0.25, 0.3) is 11.5 Å². The third kappa shape index (κ3) is 5.23. The van der Waals surface area contributed by atoms with Crippen LogP contribution in [0.4, 0.5) is 0 Å². The molecule has 8 nitrogen and oxygen atoms in total. The van der Waals surface area contributed by atoms with Gasteiger partial charge in [0, 0.05) is 23.7 Å². The summed E-state index contributed by atoms with van der Waals surface area (Å²) in [6, 6.07) is 13.0. The van der Waals surface area contributed by atoms with Crippen LogP contribution < -0.4 is 16.6 Å². The van der Waals surface area contributed by atoms with Gasteiger partial charge >= 0.3 is 5.69 Å². The van der Waals surface area contributed by atoms with Crippen LogP contribution in [-0.4, -0.2) is 42.5 Å². The lowest BCUT2D eigenvalue weighted by molar-refractivity contribution is -0.0263. The van der Waals surface area contributed by atoms with Crippen LogP contribution >= 0.6 is 0 Å². The summed E-state index contributed by atoms with van der Waals surface area (Å²) in [6.07, 6.45) is 0.779. The van der Waals surface area contributed by atoms with Crippen molar-refractivity contribution in [2.75, 3.05) is 6.61 Å². The standard InChI is InChI=1S/C27H35N3O5Si/c1-17-15-30(26(33)29-24(17)31)23-14-21(22(35-23)16-34-36(5,6)27(2,3)4)28-25(32)20-13-9-11-18-10-7-8-12-19(18)20/h7-13,15,21-23H,14,16H2,1-6H3,(H,28,32)(H,29,31,33)/t21-,22+,23+/m0/s1. The number of aromatic amines is 1. The van der Waals surface area contributed by atoms with E-state index in [0.717, 1.165) is 10.8 Å². The van der Waals surface area contributed by atoms with E-state index < -0.39 is 31.9 Å². The number of fused-ring (bicyclic) bond motifs is 1. The van der Waals surface area contributed by atoms with Crippen molar-refractivity contribution in [3.63, 3.8) is 0 Å². The van der Waals surface area contributed by atoms with E-state index >= 15 is 0 Å². The highest BCUT2D eigenvalue weighted by molar-refractivity contribution is 6.74. The Morgan fingerprint density at radius 2 is 1.86 bits per heavy atom. The Labute approximate surface area is 211 Å². The quantitative estimate of drug-likeness (QED) is 0.487. The maximum atomic E-state index is 13.4. The minimum absolute atomic E-state index is 0.0136. The summed E-state index contributed by atoms with van der Waals surface area (Å²) >= 11 is 0. The summed E-state index contributed by atoms with van der Waals surface area (Å²) in [5.74, 6) is -0.205. The first-order valence-corrected chi connectivity index (χ1v) is 15.2. The third-order valence-electron chi connectivity index (χ3n) is 7.46. The first-order chi connectivity index (χ1) is 16.9.